The number of halogens is 1. The number of urea groups is 1. The molecule has 1 atom stereocenters. The van der Waals surface area contributed by atoms with Gasteiger partial charge in [-0.2, -0.15) is 0 Å². The van der Waals surface area contributed by atoms with Crippen LogP contribution >= 0.6 is 15.9 Å². The molecule has 0 bridgehead atoms. The van der Waals surface area contributed by atoms with Crippen molar-refractivity contribution >= 4 is 33.6 Å². The molecule has 1 aromatic rings. The topological polar surface area (TPSA) is 69.6 Å². The number of benzene rings is 1. The molecule has 19 heavy (non-hydrogen) atoms. The maximum Gasteiger partial charge on any atom is 0.321 e. The van der Waals surface area contributed by atoms with Crippen LogP contribution in [0.15, 0.2) is 28.7 Å². The molecule has 0 radical (unpaired) electrons. The van der Waals surface area contributed by atoms with E-state index in [0.717, 1.165) is 4.47 Å². The number of rotatable bonds is 2. The number of aliphatic carboxylic acids is 1. The van der Waals surface area contributed by atoms with Gasteiger partial charge in [0.25, 0.3) is 0 Å². The Kier molecular flexibility index (Phi) is 3.80. The van der Waals surface area contributed by atoms with Crippen LogP contribution in [0, 0.1) is 5.41 Å². The highest BCUT2D eigenvalue weighted by atomic mass is 79.9. The Balaban J connectivity index is 2.01. The molecule has 1 fully saturated rings. The van der Waals surface area contributed by atoms with E-state index in [1.165, 1.54) is 4.90 Å². The average molecular weight is 327 g/mol. The van der Waals surface area contributed by atoms with Crippen LogP contribution in [-0.2, 0) is 4.79 Å². The molecular formula is C13H15BrN2O3. The summed E-state index contributed by atoms with van der Waals surface area (Å²) in [6, 6.07) is 7.01. The molecular weight excluding hydrogens is 312 g/mol. The van der Waals surface area contributed by atoms with Gasteiger partial charge in [0.2, 0.25) is 0 Å². The third-order valence-electron chi connectivity index (χ3n) is 3.35. The van der Waals surface area contributed by atoms with Crippen molar-refractivity contribution in [2.24, 2.45) is 5.41 Å². The first-order chi connectivity index (χ1) is 8.90. The highest BCUT2D eigenvalue weighted by Gasteiger charge is 2.42. The van der Waals surface area contributed by atoms with Gasteiger partial charge in [0.1, 0.15) is 0 Å². The van der Waals surface area contributed by atoms with Gasteiger partial charge in [-0.3, -0.25) is 4.79 Å². The van der Waals surface area contributed by atoms with Crippen LogP contribution < -0.4 is 5.32 Å². The van der Waals surface area contributed by atoms with E-state index in [9.17, 15) is 9.59 Å². The largest absolute Gasteiger partial charge is 0.481 e. The molecule has 0 spiro atoms. The van der Waals surface area contributed by atoms with Crippen LogP contribution in [0.4, 0.5) is 10.5 Å². The van der Waals surface area contributed by atoms with Crippen molar-refractivity contribution in [3.63, 3.8) is 0 Å². The average Bonchev–Trinajstić information content (AvgIpc) is 2.73. The number of carboxylic acid groups (broad SMARTS) is 1. The smallest absolute Gasteiger partial charge is 0.321 e. The Morgan fingerprint density at radius 2 is 2.21 bits per heavy atom. The van der Waals surface area contributed by atoms with Gasteiger partial charge >= 0.3 is 12.0 Å². The predicted molar refractivity (Wildman–Crippen MR) is 75.1 cm³/mol. The zero-order valence-electron chi connectivity index (χ0n) is 10.5. The number of carbonyl (C=O) groups is 2. The Bertz CT molecular complexity index is 520. The third kappa shape index (κ3) is 3.07. The van der Waals surface area contributed by atoms with E-state index in [0.29, 0.717) is 18.7 Å². The lowest BCUT2D eigenvalue weighted by molar-refractivity contribution is -0.146. The van der Waals surface area contributed by atoms with E-state index >= 15 is 0 Å². The fourth-order valence-electron chi connectivity index (χ4n) is 2.08. The number of anilines is 1. The molecule has 0 saturated carbocycles. The molecule has 2 amide bonds. The molecule has 1 aromatic carbocycles. The lowest BCUT2D eigenvalue weighted by atomic mass is 9.90. The van der Waals surface area contributed by atoms with Gasteiger partial charge in [-0.25, -0.2) is 4.79 Å². The number of amides is 2. The van der Waals surface area contributed by atoms with Crippen molar-refractivity contribution in [3.05, 3.63) is 28.7 Å². The van der Waals surface area contributed by atoms with Crippen molar-refractivity contribution in [1.82, 2.24) is 4.90 Å². The highest BCUT2D eigenvalue weighted by molar-refractivity contribution is 9.10. The Labute approximate surface area is 119 Å². The first-order valence-corrected chi connectivity index (χ1v) is 6.75. The summed E-state index contributed by atoms with van der Waals surface area (Å²) in [5.74, 6) is -0.856. The van der Waals surface area contributed by atoms with Crippen LogP contribution in [0.2, 0.25) is 0 Å². The van der Waals surface area contributed by atoms with Crippen LogP contribution in [0.3, 0.4) is 0 Å². The summed E-state index contributed by atoms with van der Waals surface area (Å²) >= 11 is 3.33. The maximum absolute atomic E-state index is 12.0. The molecule has 1 heterocycles. The maximum atomic E-state index is 12.0. The van der Waals surface area contributed by atoms with E-state index in [4.69, 9.17) is 5.11 Å². The van der Waals surface area contributed by atoms with Crippen molar-refractivity contribution in [2.45, 2.75) is 13.3 Å². The van der Waals surface area contributed by atoms with E-state index in [-0.39, 0.29) is 12.6 Å². The number of carboxylic acids is 1. The first-order valence-electron chi connectivity index (χ1n) is 5.96. The minimum atomic E-state index is -0.856. The fraction of sp³-hybridized carbons (Fsp3) is 0.385. The number of nitrogens with one attached hydrogen (secondary N) is 1. The van der Waals surface area contributed by atoms with Gasteiger partial charge in [-0.05, 0) is 31.5 Å². The summed E-state index contributed by atoms with van der Waals surface area (Å²) in [6.07, 6.45) is 0.480. The summed E-state index contributed by atoms with van der Waals surface area (Å²) in [7, 11) is 0. The quantitative estimate of drug-likeness (QED) is 0.877. The zero-order valence-corrected chi connectivity index (χ0v) is 12.1. The fourth-order valence-corrected chi connectivity index (χ4v) is 2.48. The minimum absolute atomic E-state index is 0.238. The van der Waals surface area contributed by atoms with Crippen LogP contribution in [0.1, 0.15) is 13.3 Å². The summed E-state index contributed by atoms with van der Waals surface area (Å²) in [4.78, 5) is 24.7. The van der Waals surface area contributed by atoms with Gasteiger partial charge in [0.15, 0.2) is 0 Å². The number of hydrogen-bond donors (Lipinski definition) is 2. The third-order valence-corrected chi connectivity index (χ3v) is 3.85. The SMILES string of the molecule is CC1(C(=O)O)CCN(C(=O)Nc2cccc(Br)c2)C1. The molecule has 1 saturated heterocycles. The predicted octanol–water partition coefficient (Wildman–Crippen LogP) is 2.78. The Morgan fingerprint density at radius 1 is 1.47 bits per heavy atom. The normalized spacial score (nSPS) is 22.3. The lowest BCUT2D eigenvalue weighted by Crippen LogP contribution is -2.37. The second-order valence-corrected chi connectivity index (χ2v) is 5.89. The molecule has 0 aliphatic carbocycles. The molecule has 1 aliphatic heterocycles. The number of likely N-dealkylation sites (tertiary alicyclic amines) is 1. The summed E-state index contributed by atoms with van der Waals surface area (Å²) in [5.41, 5.74) is -0.155. The van der Waals surface area contributed by atoms with Crippen molar-refractivity contribution in [3.8, 4) is 0 Å². The van der Waals surface area contributed by atoms with Crippen molar-refractivity contribution in [2.75, 3.05) is 18.4 Å². The van der Waals surface area contributed by atoms with Gasteiger partial charge in [-0.1, -0.05) is 22.0 Å². The van der Waals surface area contributed by atoms with Crippen molar-refractivity contribution < 1.29 is 14.7 Å². The Hall–Kier alpha value is -1.56. The molecule has 0 aromatic heterocycles. The molecule has 102 valence electrons. The molecule has 6 heteroatoms. The van der Waals surface area contributed by atoms with Crippen LogP contribution in [-0.4, -0.2) is 35.1 Å². The van der Waals surface area contributed by atoms with E-state index < -0.39 is 11.4 Å². The lowest BCUT2D eigenvalue weighted by Gasteiger charge is -2.20. The summed E-state index contributed by atoms with van der Waals surface area (Å²) in [5, 5.41) is 11.9. The number of hydrogen-bond acceptors (Lipinski definition) is 2. The summed E-state index contributed by atoms with van der Waals surface area (Å²) in [6.45, 7) is 2.37. The van der Waals surface area contributed by atoms with Crippen LogP contribution in [0.5, 0.6) is 0 Å². The van der Waals surface area contributed by atoms with Gasteiger partial charge < -0.3 is 15.3 Å². The number of carbonyl (C=O) groups excluding carboxylic acids is 1. The Morgan fingerprint density at radius 3 is 2.79 bits per heavy atom. The standard InChI is InChI=1S/C13H15BrN2O3/c1-13(11(17)18)5-6-16(8-13)12(19)15-10-4-2-3-9(14)7-10/h2-4,7H,5-6,8H2,1H3,(H,15,19)(H,17,18). The van der Waals surface area contributed by atoms with Crippen molar-refractivity contribution in [1.29, 1.82) is 0 Å². The number of nitrogens with zero attached hydrogens (tertiary/aromatic N) is 1. The monoisotopic (exact) mass is 326 g/mol. The van der Waals surface area contributed by atoms with E-state index in [1.54, 1.807) is 19.1 Å². The molecule has 1 aliphatic rings. The second kappa shape index (κ2) is 5.21. The van der Waals surface area contributed by atoms with Gasteiger partial charge in [-0.15, -0.1) is 0 Å². The van der Waals surface area contributed by atoms with Gasteiger partial charge in [0, 0.05) is 23.2 Å². The van der Waals surface area contributed by atoms with E-state index in [2.05, 4.69) is 21.2 Å². The minimum Gasteiger partial charge on any atom is -0.481 e. The molecule has 5 nitrogen and oxygen atoms in total. The van der Waals surface area contributed by atoms with Gasteiger partial charge in [0.05, 0.1) is 5.41 Å². The molecule has 2 N–H and O–H groups in total. The summed E-state index contributed by atoms with van der Waals surface area (Å²) < 4.78 is 0.877. The second-order valence-electron chi connectivity index (χ2n) is 4.98. The van der Waals surface area contributed by atoms with E-state index in [1.807, 2.05) is 12.1 Å². The van der Waals surface area contributed by atoms with Crippen LogP contribution in [0.25, 0.3) is 0 Å². The highest BCUT2D eigenvalue weighted by Crippen LogP contribution is 2.30. The molecule has 2 rings (SSSR count). The first kappa shape index (κ1) is 13.9. The molecule has 1 unspecified atom stereocenters. The zero-order chi connectivity index (χ0) is 14.0.